The lowest BCUT2D eigenvalue weighted by atomic mass is 9.99. The minimum absolute atomic E-state index is 0.146. The van der Waals surface area contributed by atoms with Crippen LogP contribution in [0.2, 0.25) is 0 Å². The fourth-order valence-electron chi connectivity index (χ4n) is 4.57. The Bertz CT molecular complexity index is 1570. The van der Waals surface area contributed by atoms with Crippen LogP contribution in [0.5, 0.6) is 0 Å². The van der Waals surface area contributed by atoms with Crippen molar-refractivity contribution in [1.29, 1.82) is 0 Å². The third-order valence-electron chi connectivity index (χ3n) is 6.20. The molecule has 0 saturated heterocycles. The maximum absolute atomic E-state index is 15.1. The Balaban J connectivity index is 1.24. The van der Waals surface area contributed by atoms with Crippen molar-refractivity contribution in [3.05, 3.63) is 101 Å². The fourth-order valence-corrected chi connectivity index (χ4v) is 4.57. The van der Waals surface area contributed by atoms with E-state index in [0.717, 1.165) is 22.2 Å². The second kappa shape index (κ2) is 8.12. The minimum atomic E-state index is -0.696. The minimum Gasteiger partial charge on any atom is -0.328 e. The van der Waals surface area contributed by atoms with Crippen LogP contribution in [-0.4, -0.2) is 35.4 Å². The van der Waals surface area contributed by atoms with Gasteiger partial charge in [0.1, 0.15) is 11.6 Å². The number of fused-ring (bicyclic) bond motifs is 2. The van der Waals surface area contributed by atoms with Gasteiger partial charge in [0.2, 0.25) is 0 Å². The molecule has 2 aromatic carbocycles. The Kier molecular flexibility index (Phi) is 4.91. The summed E-state index contributed by atoms with van der Waals surface area (Å²) in [6, 6.07) is 13.7. The number of pyridine rings is 1. The molecule has 0 N–H and O–H groups in total. The number of aromatic nitrogens is 5. The molecule has 1 aliphatic heterocycles. The van der Waals surface area contributed by atoms with Gasteiger partial charge in [-0.25, -0.2) is 8.78 Å². The highest BCUT2D eigenvalue weighted by Gasteiger charge is 2.32. The maximum Gasteiger partial charge on any atom is 0.275 e. The molecule has 0 aliphatic carbocycles. The molecule has 35 heavy (non-hydrogen) atoms. The van der Waals surface area contributed by atoms with Crippen LogP contribution < -0.4 is 0 Å². The lowest BCUT2D eigenvalue weighted by Gasteiger charge is -2.18. The van der Waals surface area contributed by atoms with Crippen molar-refractivity contribution in [2.24, 2.45) is 7.05 Å². The molecule has 0 saturated carbocycles. The van der Waals surface area contributed by atoms with E-state index in [-0.39, 0.29) is 24.6 Å². The summed E-state index contributed by atoms with van der Waals surface area (Å²) in [6.07, 6.45) is 5.30. The zero-order valence-electron chi connectivity index (χ0n) is 18.8. The van der Waals surface area contributed by atoms with Gasteiger partial charge in [-0.1, -0.05) is 18.2 Å². The molecule has 174 valence electrons. The zero-order chi connectivity index (χ0) is 24.1. The summed E-state index contributed by atoms with van der Waals surface area (Å²) in [7, 11) is 1.80. The number of nitrogens with zero attached hydrogens (tertiary/aromatic N) is 6. The van der Waals surface area contributed by atoms with Gasteiger partial charge in [0.25, 0.3) is 5.91 Å². The second-order valence-electron chi connectivity index (χ2n) is 8.64. The molecular weight excluding hydrogens is 450 g/mol. The van der Waals surface area contributed by atoms with Crippen LogP contribution in [-0.2, 0) is 26.7 Å². The molecule has 9 heteroatoms. The topological polar surface area (TPSA) is 68.8 Å². The van der Waals surface area contributed by atoms with Crippen LogP contribution in [0, 0.1) is 11.6 Å². The lowest BCUT2D eigenvalue weighted by Crippen LogP contribution is -2.25. The van der Waals surface area contributed by atoms with Gasteiger partial charge in [0.05, 0.1) is 30.8 Å². The van der Waals surface area contributed by atoms with Crippen LogP contribution in [0.25, 0.3) is 22.0 Å². The Morgan fingerprint density at radius 1 is 0.971 bits per heavy atom. The molecule has 6 rings (SSSR count). The molecule has 0 fully saturated rings. The molecule has 0 bridgehead atoms. The Morgan fingerprint density at radius 3 is 2.54 bits per heavy atom. The van der Waals surface area contributed by atoms with Gasteiger partial charge < -0.3 is 4.90 Å². The number of aryl methyl sites for hydroxylation is 1. The first-order valence-corrected chi connectivity index (χ1v) is 11.1. The largest absolute Gasteiger partial charge is 0.328 e. The third kappa shape index (κ3) is 3.74. The molecule has 4 heterocycles. The van der Waals surface area contributed by atoms with E-state index in [1.165, 1.54) is 17.0 Å². The normalized spacial score (nSPS) is 13.1. The summed E-state index contributed by atoms with van der Waals surface area (Å²) in [5.41, 5.74) is 3.57. The third-order valence-corrected chi connectivity index (χ3v) is 6.20. The zero-order valence-corrected chi connectivity index (χ0v) is 18.8. The highest BCUT2D eigenvalue weighted by Crippen LogP contribution is 2.32. The van der Waals surface area contributed by atoms with E-state index in [9.17, 15) is 4.79 Å². The van der Waals surface area contributed by atoms with Gasteiger partial charge in [-0.3, -0.25) is 19.1 Å². The number of carbonyl (C=O) groups excluding carboxylic acids is 1. The predicted octanol–water partition coefficient (Wildman–Crippen LogP) is 4.31. The highest BCUT2D eigenvalue weighted by molar-refractivity contribution is 5.96. The van der Waals surface area contributed by atoms with Crippen LogP contribution in [0.3, 0.4) is 0 Å². The number of hydrogen-bond acceptors (Lipinski definition) is 4. The van der Waals surface area contributed by atoms with Gasteiger partial charge in [0, 0.05) is 42.2 Å². The second-order valence-corrected chi connectivity index (χ2v) is 8.64. The van der Waals surface area contributed by atoms with E-state index in [1.54, 1.807) is 28.8 Å². The molecule has 1 aliphatic rings. The van der Waals surface area contributed by atoms with E-state index >= 15 is 8.78 Å². The molecule has 5 aromatic rings. The van der Waals surface area contributed by atoms with Gasteiger partial charge in [-0.05, 0) is 41.5 Å². The Morgan fingerprint density at radius 2 is 1.80 bits per heavy atom. The van der Waals surface area contributed by atoms with Crippen molar-refractivity contribution in [2.45, 2.75) is 19.6 Å². The molecule has 3 aromatic heterocycles. The number of hydrogen-bond donors (Lipinski definition) is 0. The van der Waals surface area contributed by atoms with Crippen LogP contribution >= 0.6 is 0 Å². The molecule has 0 atom stereocenters. The Labute approximate surface area is 199 Å². The number of carbonyl (C=O) groups is 1. The molecule has 0 radical (unpaired) electrons. The summed E-state index contributed by atoms with van der Waals surface area (Å²) >= 11 is 0. The molecule has 1 amide bonds. The SMILES string of the molecule is Cn1cc2c(-c3cc(F)c(CN4Cc5cn(Cc6ccccn6)nc5C4=O)c(F)c3)cccc2n1. The first-order valence-electron chi connectivity index (χ1n) is 11.1. The number of rotatable bonds is 5. The average Bonchev–Trinajstić information content (AvgIpc) is 3.49. The number of benzene rings is 2. The fraction of sp³-hybridized carbons (Fsp3) is 0.154. The Hall–Kier alpha value is -4.40. The van der Waals surface area contributed by atoms with Gasteiger partial charge in [0.15, 0.2) is 5.69 Å². The summed E-state index contributed by atoms with van der Waals surface area (Å²) in [6.45, 7) is 0.506. The predicted molar refractivity (Wildman–Crippen MR) is 125 cm³/mol. The van der Waals surface area contributed by atoms with Crippen LogP contribution in [0.15, 0.2) is 67.1 Å². The van der Waals surface area contributed by atoms with Gasteiger partial charge in [-0.2, -0.15) is 10.2 Å². The summed E-state index contributed by atoms with van der Waals surface area (Å²) in [4.78, 5) is 18.6. The summed E-state index contributed by atoms with van der Waals surface area (Å²) < 4.78 is 33.6. The van der Waals surface area contributed by atoms with E-state index in [1.807, 2.05) is 42.6 Å². The van der Waals surface area contributed by atoms with Crippen molar-refractivity contribution < 1.29 is 13.6 Å². The number of amides is 1. The van der Waals surface area contributed by atoms with Gasteiger partial charge in [-0.15, -0.1) is 0 Å². The number of halogens is 2. The summed E-state index contributed by atoms with van der Waals surface area (Å²) in [5, 5.41) is 9.54. The quantitative estimate of drug-likeness (QED) is 0.384. The smallest absolute Gasteiger partial charge is 0.275 e. The first kappa shape index (κ1) is 21.2. The average molecular weight is 470 g/mol. The van der Waals surface area contributed by atoms with Crippen molar-refractivity contribution in [3.63, 3.8) is 0 Å². The van der Waals surface area contributed by atoms with Gasteiger partial charge >= 0.3 is 0 Å². The molecule has 7 nitrogen and oxygen atoms in total. The lowest BCUT2D eigenvalue weighted by molar-refractivity contribution is 0.0756. The van der Waals surface area contributed by atoms with E-state index in [2.05, 4.69) is 15.2 Å². The van der Waals surface area contributed by atoms with E-state index < -0.39 is 11.6 Å². The monoisotopic (exact) mass is 470 g/mol. The van der Waals surface area contributed by atoms with Crippen molar-refractivity contribution in [1.82, 2.24) is 29.4 Å². The summed E-state index contributed by atoms with van der Waals surface area (Å²) in [5.74, 6) is -1.74. The maximum atomic E-state index is 15.1. The standard InChI is InChI=1S/C26H20F2N6O/c1-32-14-20-19(6-4-7-24(20)30-32)16-9-22(27)21(23(28)10-16)15-33-11-17-12-34(31-25(17)26(33)35)13-18-5-2-3-8-29-18/h2-10,12,14H,11,13,15H2,1H3. The van der Waals surface area contributed by atoms with Crippen molar-refractivity contribution >= 4 is 16.8 Å². The molecule has 0 unspecified atom stereocenters. The van der Waals surface area contributed by atoms with E-state index in [4.69, 9.17) is 0 Å². The van der Waals surface area contributed by atoms with Crippen molar-refractivity contribution in [3.8, 4) is 11.1 Å². The highest BCUT2D eigenvalue weighted by atomic mass is 19.1. The van der Waals surface area contributed by atoms with Crippen LogP contribution in [0.1, 0.15) is 27.3 Å². The van der Waals surface area contributed by atoms with Crippen molar-refractivity contribution in [2.75, 3.05) is 0 Å². The van der Waals surface area contributed by atoms with E-state index in [0.29, 0.717) is 23.4 Å². The molecular formula is C26H20F2N6O. The molecule has 0 spiro atoms. The van der Waals surface area contributed by atoms with Crippen LogP contribution in [0.4, 0.5) is 8.78 Å². The first-order chi connectivity index (χ1) is 17.0.